The van der Waals surface area contributed by atoms with E-state index in [1.54, 1.807) is 0 Å². The smallest absolute Gasteiger partial charge is 0.0613 e. The second-order valence-electron chi connectivity index (χ2n) is 3.88. The van der Waals surface area contributed by atoms with Crippen molar-refractivity contribution in [3.05, 3.63) is 34.3 Å². The zero-order chi connectivity index (χ0) is 10.0. The van der Waals surface area contributed by atoms with Crippen molar-refractivity contribution in [2.75, 3.05) is 6.61 Å². The molecule has 0 heterocycles. The van der Waals surface area contributed by atoms with E-state index in [2.05, 4.69) is 27.3 Å². The molecular weight excluding hydrogens is 242 g/mol. The summed E-state index contributed by atoms with van der Waals surface area (Å²) in [5, 5.41) is 12.5. The summed E-state index contributed by atoms with van der Waals surface area (Å²) in [6.07, 6.45) is 2.18. The largest absolute Gasteiger partial charge is 0.394 e. The van der Waals surface area contributed by atoms with E-state index in [1.165, 1.54) is 5.56 Å². The molecule has 0 amide bonds. The van der Waals surface area contributed by atoms with E-state index < -0.39 is 0 Å². The fourth-order valence-electron chi connectivity index (χ4n) is 1.47. The molecular formula is C11H14BrNO. The number of nitrogens with one attached hydrogen (secondary N) is 1. The van der Waals surface area contributed by atoms with Crippen molar-refractivity contribution in [1.82, 2.24) is 5.32 Å². The van der Waals surface area contributed by atoms with Gasteiger partial charge < -0.3 is 10.4 Å². The van der Waals surface area contributed by atoms with Crippen LogP contribution >= 0.6 is 15.9 Å². The highest BCUT2D eigenvalue weighted by molar-refractivity contribution is 9.10. The van der Waals surface area contributed by atoms with Crippen LogP contribution in [0, 0.1) is 0 Å². The highest BCUT2D eigenvalue weighted by Crippen LogP contribution is 2.35. The fraction of sp³-hybridized carbons (Fsp3) is 0.455. The fourth-order valence-corrected chi connectivity index (χ4v) is 1.89. The predicted molar refractivity (Wildman–Crippen MR) is 60.0 cm³/mol. The third kappa shape index (κ3) is 2.16. The Morgan fingerprint density at radius 2 is 2.07 bits per heavy atom. The molecule has 1 saturated carbocycles. The first-order chi connectivity index (χ1) is 6.76. The number of aliphatic hydroxyl groups excluding tert-OH is 1. The molecule has 1 fully saturated rings. The Balaban J connectivity index is 1.95. The topological polar surface area (TPSA) is 32.3 Å². The van der Waals surface area contributed by atoms with Crippen LogP contribution in [-0.4, -0.2) is 17.3 Å². The maximum Gasteiger partial charge on any atom is 0.0613 e. The molecule has 0 radical (unpaired) electrons. The van der Waals surface area contributed by atoms with Crippen LogP contribution in [0.25, 0.3) is 0 Å². The minimum Gasteiger partial charge on any atom is -0.394 e. The number of halogens is 1. The van der Waals surface area contributed by atoms with Crippen molar-refractivity contribution in [2.45, 2.75) is 24.9 Å². The van der Waals surface area contributed by atoms with E-state index in [9.17, 15) is 0 Å². The molecule has 0 unspecified atom stereocenters. The first-order valence-corrected chi connectivity index (χ1v) is 5.64. The molecule has 2 nitrogen and oxygen atoms in total. The lowest BCUT2D eigenvalue weighted by Gasteiger charge is -2.14. The Labute approximate surface area is 92.5 Å². The van der Waals surface area contributed by atoms with Gasteiger partial charge >= 0.3 is 0 Å². The SMILES string of the molecule is OCC1(NCc2ccccc2Br)CC1. The Morgan fingerprint density at radius 1 is 1.36 bits per heavy atom. The van der Waals surface area contributed by atoms with Crippen molar-refractivity contribution in [2.24, 2.45) is 0 Å². The molecule has 0 aliphatic heterocycles. The minimum atomic E-state index is 0.0231. The molecule has 0 bridgehead atoms. The Kier molecular flexibility index (Phi) is 2.91. The molecule has 1 aromatic carbocycles. The molecule has 0 saturated heterocycles. The van der Waals surface area contributed by atoms with Crippen molar-refractivity contribution in [3.8, 4) is 0 Å². The van der Waals surface area contributed by atoms with Gasteiger partial charge in [-0.15, -0.1) is 0 Å². The van der Waals surface area contributed by atoms with Gasteiger partial charge in [0.15, 0.2) is 0 Å². The van der Waals surface area contributed by atoms with Gasteiger partial charge in [0, 0.05) is 16.6 Å². The first-order valence-electron chi connectivity index (χ1n) is 4.85. The number of hydrogen-bond donors (Lipinski definition) is 2. The summed E-state index contributed by atoms with van der Waals surface area (Å²) in [5.41, 5.74) is 1.27. The zero-order valence-electron chi connectivity index (χ0n) is 7.96. The van der Waals surface area contributed by atoms with Crippen LogP contribution < -0.4 is 5.32 Å². The molecule has 3 heteroatoms. The number of rotatable bonds is 4. The van der Waals surface area contributed by atoms with Gasteiger partial charge in [-0.1, -0.05) is 34.1 Å². The third-order valence-corrected chi connectivity index (χ3v) is 3.54. The van der Waals surface area contributed by atoms with Crippen molar-refractivity contribution in [3.63, 3.8) is 0 Å². The first kappa shape index (κ1) is 10.1. The van der Waals surface area contributed by atoms with Crippen molar-refractivity contribution >= 4 is 15.9 Å². The second-order valence-corrected chi connectivity index (χ2v) is 4.74. The molecule has 14 heavy (non-hydrogen) atoms. The standard InChI is InChI=1S/C11H14BrNO/c12-10-4-2-1-3-9(10)7-13-11(8-14)5-6-11/h1-4,13-14H,5-8H2. The third-order valence-electron chi connectivity index (χ3n) is 2.77. The predicted octanol–water partition coefficient (Wildman–Crippen LogP) is 2.06. The number of aliphatic hydroxyl groups is 1. The molecule has 2 N–H and O–H groups in total. The summed E-state index contributed by atoms with van der Waals surface area (Å²) in [6.45, 7) is 1.07. The number of hydrogen-bond acceptors (Lipinski definition) is 2. The van der Waals surface area contributed by atoms with Crippen LogP contribution in [0.4, 0.5) is 0 Å². The maximum atomic E-state index is 9.13. The van der Waals surface area contributed by atoms with Crippen molar-refractivity contribution in [1.29, 1.82) is 0 Å². The lowest BCUT2D eigenvalue weighted by atomic mass is 10.2. The van der Waals surface area contributed by atoms with Crippen LogP contribution in [0.3, 0.4) is 0 Å². The Morgan fingerprint density at radius 3 is 2.64 bits per heavy atom. The van der Waals surface area contributed by atoms with Crippen molar-refractivity contribution < 1.29 is 5.11 Å². The zero-order valence-corrected chi connectivity index (χ0v) is 9.55. The summed E-state index contributed by atoms with van der Waals surface area (Å²) in [6, 6.07) is 8.16. The average Bonchev–Trinajstić information content (AvgIpc) is 2.98. The van der Waals surface area contributed by atoms with Crippen LogP contribution in [0.15, 0.2) is 28.7 Å². The summed E-state index contributed by atoms with van der Waals surface area (Å²) in [7, 11) is 0. The van der Waals surface area contributed by atoms with Crippen LogP contribution in [0.2, 0.25) is 0 Å². The van der Waals surface area contributed by atoms with Gasteiger partial charge in [0.05, 0.1) is 6.61 Å². The van der Waals surface area contributed by atoms with Gasteiger partial charge in [-0.25, -0.2) is 0 Å². The van der Waals surface area contributed by atoms with Gasteiger partial charge in [-0.05, 0) is 24.5 Å². The lowest BCUT2D eigenvalue weighted by Crippen LogP contribution is -2.34. The van der Waals surface area contributed by atoms with Gasteiger partial charge in [0.2, 0.25) is 0 Å². The highest BCUT2D eigenvalue weighted by atomic mass is 79.9. The normalized spacial score (nSPS) is 18.1. The number of benzene rings is 1. The quantitative estimate of drug-likeness (QED) is 0.864. The Hall–Kier alpha value is -0.380. The summed E-state index contributed by atoms with van der Waals surface area (Å²) < 4.78 is 1.13. The summed E-state index contributed by atoms with van der Waals surface area (Å²) in [5.74, 6) is 0. The maximum absolute atomic E-state index is 9.13. The van der Waals surface area contributed by atoms with Gasteiger partial charge in [0.1, 0.15) is 0 Å². The molecule has 0 spiro atoms. The average molecular weight is 256 g/mol. The monoisotopic (exact) mass is 255 g/mol. The van der Waals surface area contributed by atoms with Gasteiger partial charge in [0.25, 0.3) is 0 Å². The van der Waals surface area contributed by atoms with Crippen LogP contribution in [0.5, 0.6) is 0 Å². The Bertz CT molecular complexity index is 323. The summed E-state index contributed by atoms with van der Waals surface area (Å²) in [4.78, 5) is 0. The molecule has 1 aliphatic carbocycles. The lowest BCUT2D eigenvalue weighted by molar-refractivity contribution is 0.229. The van der Waals surface area contributed by atoms with E-state index >= 15 is 0 Å². The molecule has 2 rings (SSSR count). The molecule has 0 aromatic heterocycles. The van der Waals surface area contributed by atoms with Gasteiger partial charge in [-0.3, -0.25) is 0 Å². The molecule has 1 aliphatic rings. The van der Waals surface area contributed by atoms with E-state index in [1.807, 2.05) is 18.2 Å². The second kappa shape index (κ2) is 4.01. The van der Waals surface area contributed by atoms with Gasteiger partial charge in [-0.2, -0.15) is 0 Å². The highest BCUT2D eigenvalue weighted by Gasteiger charge is 2.41. The van der Waals surface area contributed by atoms with Crippen LogP contribution in [-0.2, 0) is 6.54 Å². The molecule has 0 atom stereocenters. The van der Waals surface area contributed by atoms with E-state index in [4.69, 9.17) is 5.11 Å². The molecule has 1 aromatic rings. The minimum absolute atomic E-state index is 0.0231. The van der Waals surface area contributed by atoms with E-state index in [-0.39, 0.29) is 12.1 Å². The molecule has 76 valence electrons. The van der Waals surface area contributed by atoms with E-state index in [0.29, 0.717) is 0 Å². The van der Waals surface area contributed by atoms with Crippen LogP contribution in [0.1, 0.15) is 18.4 Å². The van der Waals surface area contributed by atoms with E-state index in [0.717, 1.165) is 23.9 Å². The summed E-state index contributed by atoms with van der Waals surface area (Å²) >= 11 is 3.50.